The molecule has 0 unspecified atom stereocenters. The van der Waals surface area contributed by atoms with Crippen molar-refractivity contribution in [1.82, 2.24) is 5.48 Å². The molecule has 0 bridgehead atoms. The second kappa shape index (κ2) is 8.88. The van der Waals surface area contributed by atoms with Gasteiger partial charge in [-0.25, -0.2) is 18.7 Å². The van der Waals surface area contributed by atoms with Gasteiger partial charge >= 0.3 is 0 Å². The Morgan fingerprint density at radius 3 is 2.58 bits per heavy atom. The van der Waals surface area contributed by atoms with E-state index in [-0.39, 0.29) is 18.9 Å². The van der Waals surface area contributed by atoms with Crippen molar-refractivity contribution in [2.75, 3.05) is 18.5 Å². The highest BCUT2D eigenvalue weighted by molar-refractivity contribution is 6.31. The van der Waals surface area contributed by atoms with Gasteiger partial charge < -0.3 is 10.4 Å². The summed E-state index contributed by atoms with van der Waals surface area (Å²) in [6.07, 6.45) is 0.594. The first kappa shape index (κ1) is 20.0. The van der Waals surface area contributed by atoms with E-state index < -0.39 is 39.6 Å². The molecule has 0 radical (unpaired) electrons. The number of carbonyl (C=O) groups is 1. The van der Waals surface area contributed by atoms with E-state index in [9.17, 15) is 18.0 Å². The molecule has 0 spiro atoms. The summed E-state index contributed by atoms with van der Waals surface area (Å²) < 4.78 is 42.3. The Kier molecular flexibility index (Phi) is 6.84. The minimum absolute atomic E-state index is 0.145. The summed E-state index contributed by atoms with van der Waals surface area (Å²) in [7, 11) is 0. The van der Waals surface area contributed by atoms with Crippen LogP contribution < -0.4 is 10.8 Å². The second-order valence-corrected chi connectivity index (χ2v) is 5.61. The van der Waals surface area contributed by atoms with Crippen LogP contribution in [0.15, 0.2) is 24.3 Å². The number of aliphatic hydroxyl groups is 1. The fourth-order valence-corrected chi connectivity index (χ4v) is 2.32. The summed E-state index contributed by atoms with van der Waals surface area (Å²) in [5, 5.41) is 10.4. The molecule has 5 nitrogen and oxygen atoms in total. The van der Waals surface area contributed by atoms with Crippen LogP contribution in [0.4, 0.5) is 24.5 Å². The molecule has 140 valence electrons. The molecule has 0 aliphatic heterocycles. The van der Waals surface area contributed by atoms with Gasteiger partial charge in [0.25, 0.3) is 5.91 Å². The van der Waals surface area contributed by atoms with Crippen molar-refractivity contribution in [2.24, 2.45) is 0 Å². The minimum Gasteiger partial charge on any atom is -0.394 e. The Hall–Kier alpha value is -2.29. The Morgan fingerprint density at radius 1 is 1.23 bits per heavy atom. The molecule has 2 aromatic carbocycles. The fourth-order valence-electron chi connectivity index (χ4n) is 2.13. The molecule has 0 aliphatic rings. The lowest BCUT2D eigenvalue weighted by atomic mass is 10.1. The summed E-state index contributed by atoms with van der Waals surface area (Å²) in [6, 6.07) is 5.10. The van der Waals surface area contributed by atoms with Crippen molar-refractivity contribution in [3.8, 4) is 0 Å². The SMILES string of the molecule is CCc1ccc(Nc2c(C(=O)NOCCO)cc(Cl)c(F)c2F)c(F)c1. The lowest BCUT2D eigenvalue weighted by Crippen LogP contribution is -2.26. The van der Waals surface area contributed by atoms with Gasteiger partial charge in [-0.05, 0) is 30.2 Å². The second-order valence-electron chi connectivity index (χ2n) is 5.20. The summed E-state index contributed by atoms with van der Waals surface area (Å²) in [6.45, 7) is 1.27. The van der Waals surface area contributed by atoms with Crippen molar-refractivity contribution in [3.05, 3.63) is 57.9 Å². The van der Waals surface area contributed by atoms with Crippen LogP contribution in [0.1, 0.15) is 22.8 Å². The third-order valence-corrected chi connectivity index (χ3v) is 3.74. The van der Waals surface area contributed by atoms with Gasteiger partial charge in [-0.3, -0.25) is 9.63 Å². The van der Waals surface area contributed by atoms with Gasteiger partial charge in [0, 0.05) is 0 Å². The molecule has 0 aromatic heterocycles. The van der Waals surface area contributed by atoms with Crippen LogP contribution in [-0.4, -0.2) is 24.2 Å². The van der Waals surface area contributed by atoms with Gasteiger partial charge in [0.05, 0.1) is 35.2 Å². The number of halogens is 4. The summed E-state index contributed by atoms with van der Waals surface area (Å²) >= 11 is 5.59. The third kappa shape index (κ3) is 4.46. The highest BCUT2D eigenvalue weighted by atomic mass is 35.5. The fraction of sp³-hybridized carbons (Fsp3) is 0.235. The Bertz CT molecular complexity index is 818. The zero-order valence-electron chi connectivity index (χ0n) is 13.7. The smallest absolute Gasteiger partial charge is 0.277 e. The first-order valence-corrected chi connectivity index (χ1v) is 8.02. The standard InChI is InChI=1S/C17H16ClF3N2O3/c1-2-9-3-4-13(12(19)7-9)22-16-10(17(25)23-26-6-5-24)8-11(18)14(20)15(16)21/h3-4,7-8,22,24H,2,5-6H2,1H3,(H,23,25). The largest absolute Gasteiger partial charge is 0.394 e. The number of anilines is 2. The van der Waals surface area contributed by atoms with Crippen LogP contribution in [0, 0.1) is 17.5 Å². The first-order valence-electron chi connectivity index (χ1n) is 7.65. The van der Waals surface area contributed by atoms with Gasteiger partial charge in [0.2, 0.25) is 0 Å². The molecule has 0 aliphatic carbocycles. The molecule has 26 heavy (non-hydrogen) atoms. The van der Waals surface area contributed by atoms with E-state index in [0.717, 1.165) is 6.07 Å². The van der Waals surface area contributed by atoms with Crippen molar-refractivity contribution >= 4 is 28.9 Å². The van der Waals surface area contributed by atoms with E-state index in [1.54, 1.807) is 6.07 Å². The molecular weight excluding hydrogens is 373 g/mol. The Labute approximate surface area is 152 Å². The number of hydroxylamine groups is 1. The summed E-state index contributed by atoms with van der Waals surface area (Å²) in [5.41, 5.74) is 1.53. The highest BCUT2D eigenvalue weighted by Crippen LogP contribution is 2.32. The highest BCUT2D eigenvalue weighted by Gasteiger charge is 2.23. The number of rotatable bonds is 7. The van der Waals surface area contributed by atoms with Crippen molar-refractivity contribution < 1.29 is 27.9 Å². The molecular formula is C17H16ClF3N2O3. The number of benzene rings is 2. The van der Waals surface area contributed by atoms with E-state index in [0.29, 0.717) is 12.0 Å². The van der Waals surface area contributed by atoms with Crippen LogP contribution in [0.25, 0.3) is 0 Å². The summed E-state index contributed by atoms with van der Waals surface area (Å²) in [4.78, 5) is 16.8. The zero-order valence-corrected chi connectivity index (χ0v) is 14.5. The molecule has 0 saturated heterocycles. The van der Waals surface area contributed by atoms with Gasteiger partial charge in [-0.2, -0.15) is 0 Å². The number of nitrogens with one attached hydrogen (secondary N) is 2. The number of hydrogen-bond donors (Lipinski definition) is 3. The lowest BCUT2D eigenvalue weighted by Gasteiger charge is -2.15. The average molecular weight is 389 g/mol. The van der Waals surface area contributed by atoms with Gasteiger partial charge in [-0.1, -0.05) is 24.6 Å². The van der Waals surface area contributed by atoms with Crippen LogP contribution in [-0.2, 0) is 11.3 Å². The number of amides is 1. The summed E-state index contributed by atoms with van der Waals surface area (Å²) in [5.74, 6) is -4.47. The van der Waals surface area contributed by atoms with E-state index in [4.69, 9.17) is 16.7 Å². The molecule has 0 atom stereocenters. The number of hydrogen-bond acceptors (Lipinski definition) is 4. The maximum absolute atomic E-state index is 14.3. The Balaban J connectivity index is 2.42. The van der Waals surface area contributed by atoms with Gasteiger partial charge in [0.15, 0.2) is 11.6 Å². The molecule has 9 heteroatoms. The normalized spacial score (nSPS) is 10.7. The lowest BCUT2D eigenvalue weighted by molar-refractivity contribution is 0.0168. The first-order chi connectivity index (χ1) is 12.4. The van der Waals surface area contributed by atoms with E-state index in [1.165, 1.54) is 12.1 Å². The predicted molar refractivity (Wildman–Crippen MR) is 90.9 cm³/mol. The number of aryl methyl sites for hydroxylation is 1. The zero-order chi connectivity index (χ0) is 19.3. The average Bonchev–Trinajstić information content (AvgIpc) is 2.63. The molecule has 0 heterocycles. The third-order valence-electron chi connectivity index (χ3n) is 3.47. The number of carbonyl (C=O) groups excluding carboxylic acids is 1. The van der Waals surface area contributed by atoms with Crippen LogP contribution in [0.2, 0.25) is 5.02 Å². The maximum atomic E-state index is 14.3. The van der Waals surface area contributed by atoms with Crippen molar-refractivity contribution in [2.45, 2.75) is 13.3 Å². The van der Waals surface area contributed by atoms with Crippen LogP contribution >= 0.6 is 11.6 Å². The van der Waals surface area contributed by atoms with Crippen LogP contribution in [0.5, 0.6) is 0 Å². The van der Waals surface area contributed by atoms with E-state index in [2.05, 4.69) is 10.2 Å². The molecule has 2 rings (SSSR count). The predicted octanol–water partition coefficient (Wildman–Crippen LogP) is 3.72. The monoisotopic (exact) mass is 388 g/mol. The van der Waals surface area contributed by atoms with Crippen molar-refractivity contribution in [3.63, 3.8) is 0 Å². The van der Waals surface area contributed by atoms with Gasteiger partial charge in [0.1, 0.15) is 5.82 Å². The minimum atomic E-state index is -1.44. The van der Waals surface area contributed by atoms with E-state index >= 15 is 0 Å². The van der Waals surface area contributed by atoms with Gasteiger partial charge in [-0.15, -0.1) is 0 Å². The molecule has 3 N–H and O–H groups in total. The van der Waals surface area contributed by atoms with Crippen LogP contribution in [0.3, 0.4) is 0 Å². The maximum Gasteiger partial charge on any atom is 0.277 e. The van der Waals surface area contributed by atoms with E-state index in [1.807, 2.05) is 12.4 Å². The van der Waals surface area contributed by atoms with Crippen molar-refractivity contribution in [1.29, 1.82) is 0 Å². The molecule has 0 fully saturated rings. The molecule has 0 saturated carbocycles. The topological polar surface area (TPSA) is 70.6 Å². The quantitative estimate of drug-likeness (QED) is 0.384. The number of aliphatic hydroxyl groups excluding tert-OH is 1. The molecule has 1 amide bonds. The molecule has 2 aromatic rings. The Morgan fingerprint density at radius 2 is 1.96 bits per heavy atom.